The molecule has 3 aromatic rings. The number of carbonyl (C=O) groups is 2. The van der Waals surface area contributed by atoms with Crippen molar-refractivity contribution in [3.63, 3.8) is 0 Å². The monoisotopic (exact) mass is 617 g/mol. The van der Waals surface area contributed by atoms with Gasteiger partial charge >= 0.3 is 19.8 Å². The van der Waals surface area contributed by atoms with E-state index in [9.17, 15) is 34.2 Å². The minimum Gasteiger partial charge on any atom is -0.459 e. The van der Waals surface area contributed by atoms with Gasteiger partial charge in [-0.1, -0.05) is 36.4 Å². The van der Waals surface area contributed by atoms with E-state index in [4.69, 9.17) is 30.2 Å². The van der Waals surface area contributed by atoms with E-state index in [0.717, 1.165) is 0 Å². The Labute approximate surface area is 246 Å². The summed E-state index contributed by atoms with van der Waals surface area (Å²) in [6.45, 7) is -0.553. The Morgan fingerprint density at radius 3 is 2.35 bits per heavy atom. The maximum Gasteiger partial charge on any atom is 0.470 e. The van der Waals surface area contributed by atoms with E-state index in [2.05, 4.69) is 4.98 Å². The van der Waals surface area contributed by atoms with Crippen LogP contribution < -0.4 is 11.5 Å². The first-order chi connectivity index (χ1) is 20.5. The number of nitrogens with zero attached hydrogens (tertiary/aromatic N) is 1. The second kappa shape index (κ2) is 14.2. The number of carbonyl (C=O) groups excluding carboxylic acids is 2. The van der Waals surface area contributed by atoms with Gasteiger partial charge in [-0.2, -0.15) is 0 Å². The van der Waals surface area contributed by atoms with Gasteiger partial charge in [0.25, 0.3) is 0 Å². The molecule has 1 fully saturated rings. The lowest BCUT2D eigenvalue weighted by Gasteiger charge is -2.43. The normalized spacial score (nSPS) is 22.9. The molecule has 0 radical (unpaired) electrons. The van der Waals surface area contributed by atoms with Crippen LogP contribution in [0.1, 0.15) is 37.9 Å². The number of benzene rings is 2. The van der Waals surface area contributed by atoms with Gasteiger partial charge in [-0.3, -0.25) is 9.51 Å². The van der Waals surface area contributed by atoms with Crippen molar-refractivity contribution >= 4 is 25.4 Å². The standard InChI is InChI=1S/C28H32N3O11P/c29-13-21(32)17-9-7-16(8-10-17)12-22-25(41-27(34)18-4-3-11-31-14-18)26(42-43(36,37)38)24(33)23(40-22)15-39-28(35)19-5-1-2-6-20(19)30/h1-11,14,21-26,32-33H,12-13,15,29-30H2,(H2,36,37,38)/t21?,22-,23+,24+,25-,26-/m0/s1. The number of ether oxygens (including phenoxy) is 3. The molecule has 0 saturated carbocycles. The van der Waals surface area contributed by atoms with Gasteiger partial charge in [-0.15, -0.1) is 0 Å². The molecule has 14 nitrogen and oxygen atoms in total. The van der Waals surface area contributed by atoms with Gasteiger partial charge < -0.3 is 45.7 Å². The number of pyridine rings is 1. The molecule has 2 aromatic carbocycles. The third-order valence-electron chi connectivity index (χ3n) is 6.74. The van der Waals surface area contributed by atoms with Gasteiger partial charge in [0.05, 0.1) is 17.2 Å². The lowest BCUT2D eigenvalue weighted by atomic mass is 9.91. The Morgan fingerprint density at radius 2 is 1.72 bits per heavy atom. The highest BCUT2D eigenvalue weighted by atomic mass is 31.2. The van der Waals surface area contributed by atoms with Crippen LogP contribution in [-0.4, -0.2) is 80.6 Å². The molecule has 230 valence electrons. The number of hydrogen-bond acceptors (Lipinski definition) is 12. The van der Waals surface area contributed by atoms with Gasteiger partial charge in [0.1, 0.15) is 31.0 Å². The number of rotatable bonds is 11. The topological polar surface area (TPSA) is 234 Å². The van der Waals surface area contributed by atoms with E-state index in [1.165, 1.54) is 36.7 Å². The number of esters is 2. The Kier molecular flexibility index (Phi) is 10.6. The zero-order valence-corrected chi connectivity index (χ0v) is 23.6. The summed E-state index contributed by atoms with van der Waals surface area (Å²) < 4.78 is 33.9. The molecule has 1 unspecified atom stereocenters. The number of anilines is 1. The third kappa shape index (κ3) is 8.44. The van der Waals surface area contributed by atoms with Crippen molar-refractivity contribution in [1.29, 1.82) is 0 Å². The molecule has 4 rings (SSSR count). The Hall–Kier alpha value is -3.72. The number of aliphatic hydroxyl groups excluding tert-OH is 2. The summed E-state index contributed by atoms with van der Waals surface area (Å²) in [6.07, 6.45) is -5.90. The lowest BCUT2D eigenvalue weighted by molar-refractivity contribution is -0.224. The molecule has 8 N–H and O–H groups in total. The van der Waals surface area contributed by atoms with Crippen LogP contribution in [0.15, 0.2) is 73.1 Å². The van der Waals surface area contributed by atoms with Crippen molar-refractivity contribution in [2.75, 3.05) is 18.9 Å². The molecule has 0 bridgehead atoms. The van der Waals surface area contributed by atoms with Crippen molar-refractivity contribution < 1.29 is 52.9 Å². The Balaban J connectivity index is 1.64. The van der Waals surface area contributed by atoms with E-state index in [0.29, 0.717) is 11.1 Å². The fourth-order valence-electron chi connectivity index (χ4n) is 4.56. The van der Waals surface area contributed by atoms with Crippen LogP contribution in [0.5, 0.6) is 0 Å². The van der Waals surface area contributed by atoms with E-state index in [1.54, 1.807) is 36.4 Å². The van der Waals surface area contributed by atoms with Crippen LogP contribution in [0.2, 0.25) is 0 Å². The number of nitrogens with two attached hydrogens (primary N) is 2. The number of phosphoric ester groups is 1. The number of para-hydroxylation sites is 1. The zero-order valence-electron chi connectivity index (χ0n) is 22.7. The first-order valence-corrected chi connectivity index (χ1v) is 14.7. The van der Waals surface area contributed by atoms with E-state index < -0.39 is 63.0 Å². The van der Waals surface area contributed by atoms with Crippen molar-refractivity contribution in [3.05, 3.63) is 95.3 Å². The quantitative estimate of drug-likeness (QED) is 0.0996. The van der Waals surface area contributed by atoms with Gasteiger partial charge in [0.15, 0.2) is 6.10 Å². The molecular weight excluding hydrogens is 585 g/mol. The molecule has 6 atom stereocenters. The number of aromatic nitrogens is 1. The molecule has 15 heteroatoms. The molecule has 2 heterocycles. The number of phosphoric acid groups is 1. The predicted molar refractivity (Wildman–Crippen MR) is 150 cm³/mol. The second-order valence-electron chi connectivity index (χ2n) is 9.76. The van der Waals surface area contributed by atoms with Crippen LogP contribution in [-0.2, 0) is 29.7 Å². The lowest BCUT2D eigenvalue weighted by Crippen LogP contribution is -2.61. The summed E-state index contributed by atoms with van der Waals surface area (Å²) in [6, 6.07) is 15.7. The van der Waals surface area contributed by atoms with E-state index >= 15 is 0 Å². The fourth-order valence-corrected chi connectivity index (χ4v) is 5.13. The smallest absolute Gasteiger partial charge is 0.459 e. The van der Waals surface area contributed by atoms with Crippen LogP contribution in [0.3, 0.4) is 0 Å². The average molecular weight is 618 g/mol. The predicted octanol–water partition coefficient (Wildman–Crippen LogP) is 0.887. The molecule has 1 aliphatic rings. The van der Waals surface area contributed by atoms with Crippen LogP contribution in [0.25, 0.3) is 0 Å². The van der Waals surface area contributed by atoms with Gasteiger partial charge in [-0.05, 0) is 35.4 Å². The van der Waals surface area contributed by atoms with Gasteiger partial charge in [0.2, 0.25) is 0 Å². The van der Waals surface area contributed by atoms with Gasteiger partial charge in [-0.25, -0.2) is 14.2 Å². The van der Waals surface area contributed by atoms with Crippen molar-refractivity contribution in [3.8, 4) is 0 Å². The minimum absolute atomic E-state index is 0.00572. The number of hydrogen-bond donors (Lipinski definition) is 6. The van der Waals surface area contributed by atoms with Crippen LogP contribution in [0, 0.1) is 0 Å². The summed E-state index contributed by atoms with van der Waals surface area (Å²) in [5.74, 6) is -1.74. The summed E-state index contributed by atoms with van der Waals surface area (Å²) in [7, 11) is -5.26. The Morgan fingerprint density at radius 1 is 1.00 bits per heavy atom. The molecule has 0 amide bonds. The number of aliphatic hydroxyl groups is 2. The third-order valence-corrected chi connectivity index (χ3v) is 7.26. The molecule has 0 aliphatic carbocycles. The van der Waals surface area contributed by atoms with Crippen molar-refractivity contribution in [2.24, 2.45) is 5.73 Å². The van der Waals surface area contributed by atoms with Gasteiger partial charge in [0, 0.05) is 31.0 Å². The minimum atomic E-state index is -5.26. The van der Waals surface area contributed by atoms with Crippen LogP contribution in [0.4, 0.5) is 5.69 Å². The zero-order chi connectivity index (χ0) is 31.1. The first-order valence-electron chi connectivity index (χ1n) is 13.1. The summed E-state index contributed by atoms with van der Waals surface area (Å²) in [4.78, 5) is 48.9. The van der Waals surface area contributed by atoms with E-state index in [1.807, 2.05) is 0 Å². The van der Waals surface area contributed by atoms with E-state index in [-0.39, 0.29) is 29.8 Å². The highest BCUT2D eigenvalue weighted by Crippen LogP contribution is 2.42. The highest BCUT2D eigenvalue weighted by Gasteiger charge is 2.51. The summed E-state index contributed by atoms with van der Waals surface area (Å²) in [5.41, 5.74) is 12.8. The number of nitrogen functional groups attached to an aromatic ring is 1. The maximum atomic E-state index is 13.0. The highest BCUT2D eigenvalue weighted by molar-refractivity contribution is 7.46. The molecule has 43 heavy (non-hydrogen) atoms. The molecule has 1 saturated heterocycles. The molecule has 1 aliphatic heterocycles. The largest absolute Gasteiger partial charge is 0.470 e. The van der Waals surface area contributed by atoms with Crippen LogP contribution >= 0.6 is 7.82 Å². The average Bonchev–Trinajstić information content (AvgIpc) is 2.99. The molecular formula is C28H32N3O11P. The first kappa shape index (κ1) is 32.2. The molecule has 1 aromatic heterocycles. The SMILES string of the molecule is NCC(O)c1ccc(C[C@@H]2O[C@H](COC(=O)c3ccccc3N)[C@@H](O)[C@H](OP(=O)(O)O)[C@H]2OC(=O)c2cccnc2)cc1. The summed E-state index contributed by atoms with van der Waals surface area (Å²) >= 11 is 0. The summed E-state index contributed by atoms with van der Waals surface area (Å²) in [5, 5.41) is 21.2. The maximum absolute atomic E-state index is 13.0. The Bertz CT molecular complexity index is 1440. The fraction of sp³-hybridized carbons (Fsp3) is 0.321. The van der Waals surface area contributed by atoms with Crippen molar-refractivity contribution in [1.82, 2.24) is 4.98 Å². The second-order valence-corrected chi connectivity index (χ2v) is 11.0. The van der Waals surface area contributed by atoms with Crippen molar-refractivity contribution in [2.45, 2.75) is 43.0 Å². The molecule has 0 spiro atoms.